The molecule has 0 radical (unpaired) electrons. The SMILES string of the molecule is CCCCC1CCC(c2ccc(-c3ccc(C)c(F)c3F)cc2F)CO1. The van der Waals surface area contributed by atoms with Crippen LogP contribution >= 0.6 is 0 Å². The van der Waals surface area contributed by atoms with Gasteiger partial charge in [0.2, 0.25) is 0 Å². The summed E-state index contributed by atoms with van der Waals surface area (Å²) in [6.07, 6.45) is 5.45. The van der Waals surface area contributed by atoms with Crippen LogP contribution in [0.2, 0.25) is 0 Å². The van der Waals surface area contributed by atoms with Gasteiger partial charge in [-0.2, -0.15) is 0 Å². The number of benzene rings is 2. The van der Waals surface area contributed by atoms with Gasteiger partial charge in [0.15, 0.2) is 11.6 Å². The Balaban J connectivity index is 1.76. The van der Waals surface area contributed by atoms with Crippen molar-refractivity contribution in [2.24, 2.45) is 0 Å². The number of rotatable bonds is 5. The highest BCUT2D eigenvalue weighted by molar-refractivity contribution is 5.65. The summed E-state index contributed by atoms with van der Waals surface area (Å²) in [5.41, 5.74) is 1.26. The van der Waals surface area contributed by atoms with Crippen LogP contribution in [-0.4, -0.2) is 12.7 Å². The smallest absolute Gasteiger partial charge is 0.166 e. The minimum Gasteiger partial charge on any atom is -0.378 e. The van der Waals surface area contributed by atoms with Crippen LogP contribution in [0.5, 0.6) is 0 Å². The average Bonchev–Trinajstić information content (AvgIpc) is 2.65. The normalized spacial score (nSPS) is 20.3. The maximum Gasteiger partial charge on any atom is 0.166 e. The molecular formula is C22H25F3O. The number of hydrogen-bond donors (Lipinski definition) is 0. The van der Waals surface area contributed by atoms with Gasteiger partial charge >= 0.3 is 0 Å². The summed E-state index contributed by atoms with van der Waals surface area (Å²) in [6, 6.07) is 7.64. The fourth-order valence-corrected chi connectivity index (χ4v) is 3.61. The first-order valence-corrected chi connectivity index (χ1v) is 9.37. The Bertz CT molecular complexity index is 764. The van der Waals surface area contributed by atoms with Gasteiger partial charge in [-0.3, -0.25) is 0 Å². The maximum atomic E-state index is 14.7. The predicted molar refractivity (Wildman–Crippen MR) is 97.7 cm³/mol. The Morgan fingerprint density at radius 1 is 1.04 bits per heavy atom. The molecule has 4 heteroatoms. The quantitative estimate of drug-likeness (QED) is 0.587. The third-order valence-corrected chi connectivity index (χ3v) is 5.28. The van der Waals surface area contributed by atoms with Gasteiger partial charge in [0.05, 0.1) is 12.7 Å². The molecule has 1 fully saturated rings. The largest absolute Gasteiger partial charge is 0.378 e. The number of unbranched alkanes of at least 4 members (excludes halogenated alkanes) is 1. The molecule has 26 heavy (non-hydrogen) atoms. The molecule has 140 valence electrons. The van der Waals surface area contributed by atoms with Crippen LogP contribution in [0.15, 0.2) is 30.3 Å². The van der Waals surface area contributed by atoms with Crippen molar-refractivity contribution >= 4 is 0 Å². The Labute approximate surface area is 153 Å². The molecular weight excluding hydrogens is 337 g/mol. The van der Waals surface area contributed by atoms with Crippen LogP contribution in [0.1, 0.15) is 56.1 Å². The molecule has 0 aromatic heterocycles. The van der Waals surface area contributed by atoms with Crippen molar-refractivity contribution in [2.45, 2.75) is 58.0 Å². The van der Waals surface area contributed by atoms with Crippen LogP contribution in [0.25, 0.3) is 11.1 Å². The van der Waals surface area contributed by atoms with Gasteiger partial charge in [-0.25, -0.2) is 13.2 Å². The fraction of sp³-hybridized carbons (Fsp3) is 0.455. The lowest BCUT2D eigenvalue weighted by Gasteiger charge is -2.29. The molecule has 1 aliphatic heterocycles. The lowest BCUT2D eigenvalue weighted by molar-refractivity contribution is -0.00249. The van der Waals surface area contributed by atoms with Crippen LogP contribution < -0.4 is 0 Å². The molecule has 1 heterocycles. The molecule has 0 bridgehead atoms. The molecule has 1 saturated heterocycles. The van der Waals surface area contributed by atoms with Crippen LogP contribution in [0, 0.1) is 24.4 Å². The van der Waals surface area contributed by atoms with E-state index in [0.29, 0.717) is 17.7 Å². The summed E-state index contributed by atoms with van der Waals surface area (Å²) in [5.74, 6) is -2.19. The average molecular weight is 362 g/mol. The van der Waals surface area contributed by atoms with Crippen molar-refractivity contribution in [3.8, 4) is 11.1 Å². The van der Waals surface area contributed by atoms with Crippen LogP contribution in [0.3, 0.4) is 0 Å². The Morgan fingerprint density at radius 3 is 2.50 bits per heavy atom. The molecule has 2 aromatic rings. The first-order valence-electron chi connectivity index (χ1n) is 9.37. The van der Waals surface area contributed by atoms with Gasteiger partial charge in [-0.05, 0) is 48.9 Å². The topological polar surface area (TPSA) is 9.23 Å². The van der Waals surface area contributed by atoms with Gasteiger partial charge in [-0.15, -0.1) is 0 Å². The molecule has 2 aromatic carbocycles. The van der Waals surface area contributed by atoms with E-state index >= 15 is 0 Å². The van der Waals surface area contributed by atoms with E-state index in [4.69, 9.17) is 4.74 Å². The minimum absolute atomic E-state index is 0.0153. The number of ether oxygens (including phenoxy) is 1. The molecule has 2 atom stereocenters. The molecule has 0 N–H and O–H groups in total. The molecule has 0 amide bonds. The highest BCUT2D eigenvalue weighted by Gasteiger charge is 2.25. The van der Waals surface area contributed by atoms with E-state index in [1.165, 1.54) is 25.1 Å². The van der Waals surface area contributed by atoms with Crippen molar-refractivity contribution in [2.75, 3.05) is 6.61 Å². The van der Waals surface area contributed by atoms with Gasteiger partial charge in [0, 0.05) is 11.5 Å². The minimum atomic E-state index is -0.933. The van der Waals surface area contributed by atoms with Crippen LogP contribution in [-0.2, 0) is 4.74 Å². The molecule has 3 rings (SSSR count). The predicted octanol–water partition coefficient (Wildman–Crippen LogP) is 6.53. The zero-order chi connectivity index (χ0) is 18.7. The lowest BCUT2D eigenvalue weighted by atomic mass is 9.88. The second-order valence-corrected chi connectivity index (χ2v) is 7.17. The van der Waals surface area contributed by atoms with Gasteiger partial charge in [0.25, 0.3) is 0 Å². The monoisotopic (exact) mass is 362 g/mol. The molecule has 0 saturated carbocycles. The van der Waals surface area contributed by atoms with Crippen molar-refractivity contribution < 1.29 is 17.9 Å². The Hall–Kier alpha value is -1.81. The zero-order valence-electron chi connectivity index (χ0n) is 15.3. The third kappa shape index (κ3) is 3.96. The summed E-state index contributed by atoms with van der Waals surface area (Å²) in [4.78, 5) is 0. The van der Waals surface area contributed by atoms with E-state index in [-0.39, 0.29) is 29.0 Å². The highest BCUT2D eigenvalue weighted by Crippen LogP contribution is 2.34. The van der Waals surface area contributed by atoms with E-state index in [1.807, 2.05) is 0 Å². The van der Waals surface area contributed by atoms with Crippen molar-refractivity contribution in [3.05, 3.63) is 58.9 Å². The highest BCUT2D eigenvalue weighted by atomic mass is 19.2. The fourth-order valence-electron chi connectivity index (χ4n) is 3.61. The van der Waals surface area contributed by atoms with E-state index in [1.54, 1.807) is 12.1 Å². The number of hydrogen-bond acceptors (Lipinski definition) is 1. The Kier molecular flexibility index (Phi) is 6.02. The second kappa shape index (κ2) is 8.26. The molecule has 2 unspecified atom stereocenters. The van der Waals surface area contributed by atoms with Gasteiger partial charge in [0.1, 0.15) is 5.82 Å². The standard InChI is InChI=1S/C22H25F3O/c1-3-4-5-17-9-7-16(13-26-17)18-11-8-15(12-20(18)23)19-10-6-14(2)21(24)22(19)25/h6,8,10-12,16-17H,3-5,7,9,13H2,1-2H3. The molecule has 1 nitrogen and oxygen atoms in total. The number of halogens is 3. The molecule has 1 aliphatic rings. The second-order valence-electron chi connectivity index (χ2n) is 7.17. The van der Waals surface area contributed by atoms with Gasteiger partial charge < -0.3 is 4.74 Å². The van der Waals surface area contributed by atoms with Crippen molar-refractivity contribution in [1.29, 1.82) is 0 Å². The van der Waals surface area contributed by atoms with E-state index in [0.717, 1.165) is 32.1 Å². The summed E-state index contributed by atoms with van der Waals surface area (Å²) < 4.78 is 48.5. The van der Waals surface area contributed by atoms with E-state index < -0.39 is 11.6 Å². The van der Waals surface area contributed by atoms with Crippen LogP contribution in [0.4, 0.5) is 13.2 Å². The third-order valence-electron chi connectivity index (χ3n) is 5.28. The summed E-state index contributed by atoms with van der Waals surface area (Å²) >= 11 is 0. The maximum absolute atomic E-state index is 14.7. The molecule has 0 spiro atoms. The lowest BCUT2D eigenvalue weighted by Crippen LogP contribution is -2.25. The summed E-state index contributed by atoms with van der Waals surface area (Å²) in [7, 11) is 0. The van der Waals surface area contributed by atoms with Crippen molar-refractivity contribution in [3.63, 3.8) is 0 Å². The van der Waals surface area contributed by atoms with E-state index in [2.05, 4.69) is 6.92 Å². The summed E-state index contributed by atoms with van der Waals surface area (Å²) in [5, 5.41) is 0. The zero-order valence-corrected chi connectivity index (χ0v) is 15.3. The first-order chi connectivity index (χ1) is 12.5. The Morgan fingerprint density at radius 2 is 1.85 bits per heavy atom. The van der Waals surface area contributed by atoms with E-state index in [9.17, 15) is 13.2 Å². The van der Waals surface area contributed by atoms with Gasteiger partial charge in [-0.1, -0.05) is 44.0 Å². The summed E-state index contributed by atoms with van der Waals surface area (Å²) in [6.45, 7) is 4.17. The first kappa shape index (κ1) is 19.0. The molecule has 0 aliphatic carbocycles. The number of aryl methyl sites for hydroxylation is 1. The van der Waals surface area contributed by atoms with Crippen molar-refractivity contribution in [1.82, 2.24) is 0 Å².